The highest BCUT2D eigenvalue weighted by Crippen LogP contribution is 2.42. The average molecular weight is 512 g/mol. The maximum absolute atomic E-state index is 15.0. The molecule has 13 heteroatoms. The summed E-state index contributed by atoms with van der Waals surface area (Å²) < 4.78 is 29.6. The molecule has 2 bridgehead atoms. The molecule has 7 rings (SSSR count). The first-order valence-electron chi connectivity index (χ1n) is 12.4. The fourth-order valence-corrected chi connectivity index (χ4v) is 5.79. The van der Waals surface area contributed by atoms with Crippen molar-refractivity contribution in [2.75, 3.05) is 61.8 Å². The third kappa shape index (κ3) is 4.02. The molecule has 194 valence electrons. The molecule has 0 aliphatic carbocycles. The summed E-state index contributed by atoms with van der Waals surface area (Å²) in [5.74, 6) is -1.82. The van der Waals surface area contributed by atoms with E-state index in [1.54, 1.807) is 0 Å². The topological polar surface area (TPSA) is 125 Å². The van der Waals surface area contributed by atoms with E-state index in [2.05, 4.69) is 25.3 Å². The summed E-state index contributed by atoms with van der Waals surface area (Å²) in [6.07, 6.45) is 7.16. The predicted octanol–water partition coefficient (Wildman–Crippen LogP) is 1.37. The van der Waals surface area contributed by atoms with Crippen LogP contribution in [0.25, 0.3) is 5.65 Å². The van der Waals surface area contributed by atoms with E-state index < -0.39 is 17.5 Å². The zero-order valence-corrected chi connectivity index (χ0v) is 20.2. The lowest BCUT2D eigenvalue weighted by Crippen LogP contribution is -2.59. The zero-order chi connectivity index (χ0) is 25.7. The number of piperazine rings is 1. The molecule has 0 unspecified atom stereocenters. The molecule has 3 aromatic rings. The number of nitrogens with zero attached hydrogens (tertiary/aromatic N) is 7. The van der Waals surface area contributed by atoms with E-state index in [0.717, 1.165) is 62.0 Å². The quantitative estimate of drug-likeness (QED) is 0.538. The monoisotopic (exact) mass is 511 g/mol. The Balaban J connectivity index is 1.20. The van der Waals surface area contributed by atoms with Gasteiger partial charge in [-0.2, -0.15) is 0 Å². The van der Waals surface area contributed by atoms with E-state index in [1.807, 2.05) is 9.80 Å². The van der Waals surface area contributed by atoms with Crippen molar-refractivity contribution < 1.29 is 18.4 Å². The van der Waals surface area contributed by atoms with Crippen molar-refractivity contribution in [3.63, 3.8) is 0 Å². The highest BCUT2D eigenvalue weighted by atomic mass is 19.1. The Kier molecular flexibility index (Phi) is 5.66. The number of halogens is 2. The molecule has 0 atom stereocenters. The van der Waals surface area contributed by atoms with Crippen LogP contribution in [0.2, 0.25) is 0 Å². The van der Waals surface area contributed by atoms with E-state index in [9.17, 15) is 14.0 Å². The summed E-state index contributed by atoms with van der Waals surface area (Å²) in [7, 11) is 0. The minimum absolute atomic E-state index is 0.0524. The first-order chi connectivity index (χ1) is 17.8. The molecule has 2 amide bonds. The molecular formula is C24H27F2N9O2. The number of anilines is 3. The summed E-state index contributed by atoms with van der Waals surface area (Å²) in [5.41, 5.74) is 6.01. The fourth-order valence-electron chi connectivity index (χ4n) is 5.79. The number of carbonyl (C=O) groups excluding carboxylic acids is 2. The Labute approximate surface area is 211 Å². The number of nitrogens with two attached hydrogens (primary N) is 1. The molecule has 37 heavy (non-hydrogen) atoms. The minimum atomic E-state index is -0.670. The van der Waals surface area contributed by atoms with Crippen molar-refractivity contribution in [3.8, 4) is 0 Å². The van der Waals surface area contributed by atoms with Crippen LogP contribution >= 0.6 is 0 Å². The number of piperidine rings is 3. The van der Waals surface area contributed by atoms with E-state index >= 15 is 4.39 Å². The first kappa shape index (κ1) is 23.5. The molecule has 4 aliphatic heterocycles. The molecule has 11 nitrogen and oxygen atoms in total. The molecule has 7 heterocycles. The number of fused-ring (bicyclic) bond motifs is 4. The number of nitrogens with one attached hydrogen (secondary N) is 1. The number of pyridine rings is 1. The van der Waals surface area contributed by atoms with E-state index in [0.29, 0.717) is 26.2 Å². The van der Waals surface area contributed by atoms with Crippen LogP contribution in [0.15, 0.2) is 24.8 Å². The van der Waals surface area contributed by atoms with Crippen LogP contribution in [-0.4, -0.2) is 87.0 Å². The largest absolute Gasteiger partial charge is 0.381 e. The van der Waals surface area contributed by atoms with Gasteiger partial charge >= 0.3 is 0 Å². The maximum Gasteiger partial charge on any atom is 0.263 e. The van der Waals surface area contributed by atoms with Crippen molar-refractivity contribution in [2.45, 2.75) is 19.3 Å². The average Bonchev–Trinajstić information content (AvgIpc) is 3.24. The third-order valence-corrected chi connectivity index (χ3v) is 7.87. The van der Waals surface area contributed by atoms with Crippen LogP contribution < -0.4 is 16.0 Å². The van der Waals surface area contributed by atoms with Gasteiger partial charge in [0.05, 0.1) is 35.9 Å². The number of rotatable bonds is 4. The van der Waals surface area contributed by atoms with Gasteiger partial charge in [0.1, 0.15) is 11.3 Å². The van der Waals surface area contributed by atoms with Crippen molar-refractivity contribution in [1.29, 1.82) is 0 Å². The normalized spacial score (nSPS) is 23.5. The summed E-state index contributed by atoms with van der Waals surface area (Å²) in [5, 5.41) is 6.61. The number of aromatic nitrogens is 4. The second-order valence-electron chi connectivity index (χ2n) is 9.92. The molecule has 4 aliphatic rings. The van der Waals surface area contributed by atoms with Crippen LogP contribution in [0.4, 0.5) is 26.0 Å². The fraction of sp³-hybridized carbons (Fsp3) is 0.458. The van der Waals surface area contributed by atoms with Gasteiger partial charge in [-0.1, -0.05) is 0 Å². The standard InChI is InChI=1S/C24H27F2N9O2/c25-15-11-29-21-18(20(27)31-35(21)14-15)22(36)30-17-13-28-12-16(26)19(17)33-7-9-34(10-8-33)23(37)24-1-4-32(5-2-24)6-3-24/h11-14H,1-10H2,(H2,27,31)(H,30,36). The van der Waals surface area contributed by atoms with Gasteiger partial charge < -0.3 is 25.8 Å². The summed E-state index contributed by atoms with van der Waals surface area (Å²) in [6.45, 7) is 4.68. The Bertz CT molecular complexity index is 1360. The molecule has 4 saturated heterocycles. The van der Waals surface area contributed by atoms with E-state index in [1.165, 1.54) is 6.20 Å². The second kappa shape index (κ2) is 8.91. The lowest BCUT2D eigenvalue weighted by atomic mass is 9.71. The van der Waals surface area contributed by atoms with Crippen LogP contribution in [0.3, 0.4) is 0 Å². The maximum atomic E-state index is 15.0. The van der Waals surface area contributed by atoms with Gasteiger partial charge in [0.15, 0.2) is 23.1 Å². The van der Waals surface area contributed by atoms with Crippen LogP contribution in [0.5, 0.6) is 0 Å². The van der Waals surface area contributed by atoms with Crippen molar-refractivity contribution in [3.05, 3.63) is 42.0 Å². The van der Waals surface area contributed by atoms with E-state index in [-0.39, 0.29) is 39.7 Å². The number of amides is 2. The Hall–Kier alpha value is -3.87. The van der Waals surface area contributed by atoms with Gasteiger partial charge in [0.25, 0.3) is 5.91 Å². The smallest absolute Gasteiger partial charge is 0.263 e. The highest BCUT2D eigenvalue weighted by Gasteiger charge is 2.47. The zero-order valence-electron chi connectivity index (χ0n) is 20.2. The molecule has 0 saturated carbocycles. The predicted molar refractivity (Wildman–Crippen MR) is 131 cm³/mol. The van der Waals surface area contributed by atoms with Crippen LogP contribution in [-0.2, 0) is 4.79 Å². The molecule has 0 spiro atoms. The lowest BCUT2D eigenvalue weighted by Gasteiger charge is -2.50. The van der Waals surface area contributed by atoms with Crippen molar-refractivity contribution in [1.82, 2.24) is 29.4 Å². The number of nitrogen functional groups attached to an aromatic ring is 1. The number of hydrogen-bond donors (Lipinski definition) is 2. The highest BCUT2D eigenvalue weighted by molar-refractivity contribution is 6.12. The van der Waals surface area contributed by atoms with E-state index in [4.69, 9.17) is 5.73 Å². The SMILES string of the molecule is Nc1nn2cc(F)cnc2c1C(=O)Nc1cncc(F)c1N1CCN(C(=O)C23CCN(CC2)CC3)CC1. The Morgan fingerprint density at radius 2 is 1.68 bits per heavy atom. The van der Waals surface area contributed by atoms with Crippen LogP contribution in [0, 0.1) is 17.0 Å². The van der Waals surface area contributed by atoms with Crippen molar-refractivity contribution >= 4 is 34.7 Å². The number of carbonyl (C=O) groups is 2. The Morgan fingerprint density at radius 1 is 0.973 bits per heavy atom. The molecule has 3 N–H and O–H groups in total. The van der Waals surface area contributed by atoms with Gasteiger partial charge in [-0.3, -0.25) is 14.6 Å². The van der Waals surface area contributed by atoms with Crippen molar-refractivity contribution in [2.24, 2.45) is 5.41 Å². The number of hydrogen-bond acceptors (Lipinski definition) is 8. The van der Waals surface area contributed by atoms with Crippen LogP contribution in [0.1, 0.15) is 29.6 Å². The molecule has 0 aromatic carbocycles. The summed E-state index contributed by atoms with van der Waals surface area (Å²) in [4.78, 5) is 40.5. The molecular weight excluding hydrogens is 484 g/mol. The first-order valence-corrected chi connectivity index (χ1v) is 12.4. The van der Waals surface area contributed by atoms with Gasteiger partial charge in [-0.25, -0.2) is 18.3 Å². The Morgan fingerprint density at radius 3 is 2.38 bits per heavy atom. The van der Waals surface area contributed by atoms with Gasteiger partial charge in [-0.05, 0) is 38.9 Å². The molecule has 0 radical (unpaired) electrons. The summed E-state index contributed by atoms with van der Waals surface area (Å²) in [6, 6.07) is 0. The summed E-state index contributed by atoms with van der Waals surface area (Å²) >= 11 is 0. The van der Waals surface area contributed by atoms with Gasteiger partial charge in [0.2, 0.25) is 5.91 Å². The second-order valence-corrected chi connectivity index (χ2v) is 9.92. The minimum Gasteiger partial charge on any atom is -0.381 e. The lowest BCUT2D eigenvalue weighted by molar-refractivity contribution is -0.150. The molecule has 3 aromatic heterocycles. The third-order valence-electron chi connectivity index (χ3n) is 7.87. The van der Waals surface area contributed by atoms with Gasteiger partial charge in [-0.15, -0.1) is 5.10 Å². The molecule has 4 fully saturated rings. The van der Waals surface area contributed by atoms with Gasteiger partial charge in [0, 0.05) is 26.2 Å².